The van der Waals surface area contributed by atoms with Crippen LogP contribution in [0.1, 0.15) is 24.0 Å². The zero-order valence-electron chi connectivity index (χ0n) is 14.9. The number of carbonyl (C=O) groups excluding carboxylic acids is 1. The molecule has 0 spiro atoms. The highest BCUT2D eigenvalue weighted by Crippen LogP contribution is 2.31. The van der Waals surface area contributed by atoms with Crippen LogP contribution in [-0.4, -0.2) is 46.2 Å². The van der Waals surface area contributed by atoms with Gasteiger partial charge in [-0.1, -0.05) is 51.8 Å². The van der Waals surface area contributed by atoms with Crippen LogP contribution < -0.4 is 5.32 Å². The molecule has 2 atom stereocenters. The molecule has 3 rings (SSSR count). The zero-order chi connectivity index (χ0) is 20.3. The lowest BCUT2D eigenvalue weighted by molar-refractivity contribution is -0.126. The first-order chi connectivity index (χ1) is 13.3. The lowest BCUT2D eigenvalue weighted by atomic mass is 9.86. The Hall–Kier alpha value is -2.09. The maximum Gasteiger partial charge on any atom is 0.407 e. The highest BCUT2D eigenvalue weighted by atomic mass is 79.9. The monoisotopic (exact) mass is 466 g/mol. The zero-order valence-corrected chi connectivity index (χ0v) is 17.3. The van der Waals surface area contributed by atoms with Gasteiger partial charge in [-0.05, 0) is 48.2 Å². The summed E-state index contributed by atoms with van der Waals surface area (Å²) in [6.07, 6.45) is -0.00698. The Balaban J connectivity index is 1.85. The lowest BCUT2D eigenvalue weighted by Gasteiger charge is -2.31. The molecule has 0 bridgehead atoms. The average molecular weight is 468 g/mol. The molecule has 1 aliphatic rings. The number of benzene rings is 2. The van der Waals surface area contributed by atoms with Crippen LogP contribution in [-0.2, 0) is 10.4 Å². The van der Waals surface area contributed by atoms with E-state index in [0.717, 1.165) is 9.37 Å². The van der Waals surface area contributed by atoms with Gasteiger partial charge in [0.1, 0.15) is 11.6 Å². The van der Waals surface area contributed by atoms with Crippen LogP contribution >= 0.6 is 27.5 Å². The molecule has 0 aliphatic carbocycles. The fraction of sp³-hybridized carbons (Fsp3) is 0.300. The van der Waals surface area contributed by atoms with E-state index in [2.05, 4.69) is 21.2 Å². The molecular formula is C20H20BrClN2O4. The highest BCUT2D eigenvalue weighted by Gasteiger charge is 2.37. The Bertz CT molecular complexity index is 812. The van der Waals surface area contributed by atoms with E-state index in [9.17, 15) is 19.8 Å². The van der Waals surface area contributed by atoms with Crippen LogP contribution in [0.25, 0.3) is 0 Å². The second-order valence-electron chi connectivity index (χ2n) is 6.73. The number of carboxylic acid groups (broad SMARTS) is 1. The summed E-state index contributed by atoms with van der Waals surface area (Å²) in [4.78, 5) is 25.1. The van der Waals surface area contributed by atoms with Gasteiger partial charge in [0.25, 0.3) is 0 Å². The highest BCUT2D eigenvalue weighted by molar-refractivity contribution is 9.10. The molecule has 2 aromatic carbocycles. The van der Waals surface area contributed by atoms with Crippen molar-refractivity contribution in [3.05, 3.63) is 69.2 Å². The molecule has 8 heteroatoms. The van der Waals surface area contributed by atoms with Crippen molar-refractivity contribution in [2.75, 3.05) is 13.1 Å². The van der Waals surface area contributed by atoms with E-state index in [4.69, 9.17) is 11.6 Å². The van der Waals surface area contributed by atoms with Crippen LogP contribution in [0.3, 0.4) is 0 Å². The summed E-state index contributed by atoms with van der Waals surface area (Å²) in [6.45, 7) is 0.237. The Kier molecular flexibility index (Phi) is 6.27. The standard InChI is InChI=1S/C20H20BrClN2O4/c21-15-7-3-13(4-8-15)20(28,14-5-9-16(22)10-6-14)12-23-18(25)17-2-1-11-24(17)19(26)27/h3-10,17,28H,1-2,11-12H2,(H,23,25)(H,26,27)/t17-,20?/m1/s1. The van der Waals surface area contributed by atoms with E-state index in [1.807, 2.05) is 0 Å². The third-order valence-corrected chi connectivity index (χ3v) is 5.74. The fourth-order valence-electron chi connectivity index (χ4n) is 3.42. The molecule has 1 fully saturated rings. The summed E-state index contributed by atoms with van der Waals surface area (Å²) >= 11 is 9.34. The first kappa shape index (κ1) is 20.6. The predicted octanol–water partition coefficient (Wildman–Crippen LogP) is 3.60. The summed E-state index contributed by atoms with van der Waals surface area (Å²) in [5, 5.41) is 24.0. The van der Waals surface area contributed by atoms with Crippen molar-refractivity contribution >= 4 is 39.5 Å². The number of amides is 2. The topological polar surface area (TPSA) is 89.9 Å². The molecule has 0 aromatic heterocycles. The SMILES string of the molecule is O=C(NCC(O)(c1ccc(Cl)cc1)c1ccc(Br)cc1)[C@H]1CCCN1C(=O)O. The molecule has 2 aromatic rings. The summed E-state index contributed by atoms with van der Waals surface area (Å²) < 4.78 is 0.863. The van der Waals surface area contributed by atoms with Crippen molar-refractivity contribution in [1.29, 1.82) is 0 Å². The molecule has 3 N–H and O–H groups in total. The number of aliphatic hydroxyl groups is 1. The second kappa shape index (κ2) is 8.51. The van der Waals surface area contributed by atoms with Crippen LogP contribution in [0.5, 0.6) is 0 Å². The Morgan fingerprint density at radius 1 is 1.14 bits per heavy atom. The number of carbonyl (C=O) groups is 2. The average Bonchev–Trinajstić information content (AvgIpc) is 3.17. The number of likely N-dealkylation sites (tertiary alicyclic amines) is 1. The third-order valence-electron chi connectivity index (χ3n) is 4.96. The van der Waals surface area contributed by atoms with E-state index >= 15 is 0 Å². The number of nitrogens with one attached hydrogen (secondary N) is 1. The smallest absolute Gasteiger partial charge is 0.407 e. The molecule has 0 saturated carbocycles. The van der Waals surface area contributed by atoms with Gasteiger partial charge in [0.05, 0.1) is 6.54 Å². The lowest BCUT2D eigenvalue weighted by Crippen LogP contribution is -2.49. The van der Waals surface area contributed by atoms with Crippen LogP contribution in [0.2, 0.25) is 5.02 Å². The maximum atomic E-state index is 12.6. The quantitative estimate of drug-likeness (QED) is 0.627. The Morgan fingerprint density at radius 2 is 1.71 bits per heavy atom. The van der Waals surface area contributed by atoms with E-state index in [1.54, 1.807) is 48.5 Å². The number of halogens is 2. The molecule has 2 amide bonds. The largest absolute Gasteiger partial charge is 0.465 e. The number of rotatable bonds is 5. The van der Waals surface area contributed by atoms with Gasteiger partial charge in [0, 0.05) is 16.0 Å². The van der Waals surface area contributed by atoms with E-state index in [0.29, 0.717) is 35.5 Å². The molecule has 1 heterocycles. The molecule has 1 saturated heterocycles. The van der Waals surface area contributed by atoms with Crippen molar-refractivity contribution < 1.29 is 19.8 Å². The van der Waals surface area contributed by atoms with Crippen molar-refractivity contribution in [1.82, 2.24) is 10.2 Å². The first-order valence-corrected chi connectivity index (χ1v) is 10.00. The summed E-state index contributed by atoms with van der Waals surface area (Å²) in [5.74, 6) is -0.413. The number of hydrogen-bond acceptors (Lipinski definition) is 3. The van der Waals surface area contributed by atoms with Crippen molar-refractivity contribution in [2.24, 2.45) is 0 Å². The minimum absolute atomic E-state index is 0.0982. The van der Waals surface area contributed by atoms with Crippen LogP contribution in [0.4, 0.5) is 4.79 Å². The minimum atomic E-state index is -1.49. The van der Waals surface area contributed by atoms with Gasteiger partial charge in [0.15, 0.2) is 0 Å². The van der Waals surface area contributed by atoms with Gasteiger partial charge >= 0.3 is 6.09 Å². The minimum Gasteiger partial charge on any atom is -0.465 e. The van der Waals surface area contributed by atoms with Crippen molar-refractivity contribution in [2.45, 2.75) is 24.5 Å². The second-order valence-corrected chi connectivity index (χ2v) is 8.08. The number of nitrogens with zero attached hydrogens (tertiary/aromatic N) is 1. The molecule has 1 unspecified atom stereocenters. The normalized spacial score (nSPS) is 18.5. The number of hydrogen-bond donors (Lipinski definition) is 3. The Labute approximate surface area is 176 Å². The van der Waals surface area contributed by atoms with Gasteiger partial charge in [-0.2, -0.15) is 0 Å². The van der Waals surface area contributed by atoms with Gasteiger partial charge in [-0.3, -0.25) is 9.69 Å². The van der Waals surface area contributed by atoms with Crippen LogP contribution in [0.15, 0.2) is 53.0 Å². The van der Waals surface area contributed by atoms with E-state index < -0.39 is 23.6 Å². The maximum absolute atomic E-state index is 12.6. The van der Waals surface area contributed by atoms with Gasteiger partial charge in [0.2, 0.25) is 5.91 Å². The molecule has 1 aliphatic heterocycles. The van der Waals surface area contributed by atoms with Crippen LogP contribution in [0, 0.1) is 0 Å². The Morgan fingerprint density at radius 3 is 2.29 bits per heavy atom. The molecule has 148 valence electrons. The van der Waals surface area contributed by atoms with E-state index in [-0.39, 0.29) is 6.54 Å². The van der Waals surface area contributed by atoms with Crippen molar-refractivity contribution in [3.63, 3.8) is 0 Å². The molecular weight excluding hydrogens is 448 g/mol. The van der Waals surface area contributed by atoms with E-state index in [1.165, 1.54) is 0 Å². The predicted molar refractivity (Wildman–Crippen MR) is 109 cm³/mol. The fourth-order valence-corrected chi connectivity index (χ4v) is 3.81. The van der Waals surface area contributed by atoms with Gasteiger partial charge in [-0.15, -0.1) is 0 Å². The van der Waals surface area contributed by atoms with Gasteiger partial charge in [-0.25, -0.2) is 4.79 Å². The summed E-state index contributed by atoms with van der Waals surface area (Å²) in [7, 11) is 0. The molecule has 28 heavy (non-hydrogen) atoms. The summed E-state index contributed by atoms with van der Waals surface area (Å²) in [6, 6.07) is 13.2. The third kappa shape index (κ3) is 4.32. The van der Waals surface area contributed by atoms with Gasteiger partial charge < -0.3 is 15.5 Å². The first-order valence-electron chi connectivity index (χ1n) is 8.83. The van der Waals surface area contributed by atoms with Crippen molar-refractivity contribution in [3.8, 4) is 0 Å². The summed E-state index contributed by atoms with van der Waals surface area (Å²) in [5.41, 5.74) is -0.325. The molecule has 0 radical (unpaired) electrons. The molecule has 6 nitrogen and oxygen atoms in total.